The highest BCUT2D eigenvalue weighted by Crippen LogP contribution is 2.24. The minimum atomic E-state index is -3.87. The van der Waals surface area contributed by atoms with Gasteiger partial charge in [0.25, 0.3) is 5.91 Å². The molecule has 0 fully saturated rings. The molecule has 7 nitrogen and oxygen atoms in total. The molecule has 0 heterocycles. The van der Waals surface area contributed by atoms with Gasteiger partial charge in [0.05, 0.1) is 16.9 Å². The number of rotatable bonds is 8. The van der Waals surface area contributed by atoms with Crippen LogP contribution < -0.4 is 9.50 Å². The molecule has 0 aliphatic rings. The average Bonchev–Trinajstić information content (AvgIpc) is 2.46. The van der Waals surface area contributed by atoms with Crippen LogP contribution in [0.3, 0.4) is 0 Å². The number of hydrogen-bond acceptors (Lipinski definition) is 6. The van der Waals surface area contributed by atoms with Gasteiger partial charge >= 0.3 is 16.1 Å². The molecule has 1 aromatic rings. The first-order chi connectivity index (χ1) is 10.3. The van der Waals surface area contributed by atoms with Crippen LogP contribution in [0.2, 0.25) is 0 Å². The van der Waals surface area contributed by atoms with E-state index in [4.69, 9.17) is 4.18 Å². The van der Waals surface area contributed by atoms with Gasteiger partial charge in [-0.15, -0.1) is 0 Å². The van der Waals surface area contributed by atoms with Crippen molar-refractivity contribution in [3.05, 3.63) is 29.3 Å². The van der Waals surface area contributed by atoms with Gasteiger partial charge in [-0.05, 0) is 25.3 Å². The van der Waals surface area contributed by atoms with Crippen LogP contribution in [-0.4, -0.2) is 49.7 Å². The molecule has 0 saturated heterocycles. The summed E-state index contributed by atoms with van der Waals surface area (Å²) in [5.41, 5.74) is -0.612. The Kier molecular flexibility index (Phi) is 6.69. The van der Waals surface area contributed by atoms with Crippen molar-refractivity contribution in [2.75, 3.05) is 24.3 Å². The van der Waals surface area contributed by atoms with Crippen molar-refractivity contribution in [3.8, 4) is 5.75 Å². The molecule has 1 rings (SSSR count). The van der Waals surface area contributed by atoms with E-state index in [0.717, 1.165) is 0 Å². The Morgan fingerprint density at radius 2 is 2.05 bits per heavy atom. The standard InChI is InChI=1S/C13H17NO6S2/c1-3-22(18,19)20-10-6-4-5-9(13(16)17)11(10)12(15)14-7-8-21-2/h4-6H,3,7-8H2,1-2H3,(H,14,15)(H,16,17). The molecule has 0 aliphatic heterocycles. The molecule has 122 valence electrons. The Hall–Kier alpha value is -1.74. The summed E-state index contributed by atoms with van der Waals surface area (Å²) >= 11 is 1.51. The zero-order valence-electron chi connectivity index (χ0n) is 12.2. The van der Waals surface area contributed by atoms with Gasteiger partial charge in [-0.25, -0.2) is 4.79 Å². The van der Waals surface area contributed by atoms with Crippen molar-refractivity contribution >= 4 is 33.8 Å². The lowest BCUT2D eigenvalue weighted by atomic mass is 10.1. The van der Waals surface area contributed by atoms with E-state index >= 15 is 0 Å². The summed E-state index contributed by atoms with van der Waals surface area (Å²) in [5.74, 6) is -1.96. The maximum Gasteiger partial charge on any atom is 0.336 e. The molecule has 1 amide bonds. The van der Waals surface area contributed by atoms with Gasteiger partial charge in [0.2, 0.25) is 0 Å². The number of hydrogen-bond donors (Lipinski definition) is 2. The summed E-state index contributed by atoms with van der Waals surface area (Å²) in [6.07, 6.45) is 1.86. The fraction of sp³-hybridized carbons (Fsp3) is 0.385. The number of carbonyl (C=O) groups is 2. The van der Waals surface area contributed by atoms with Crippen LogP contribution in [-0.2, 0) is 10.1 Å². The molecule has 0 unspecified atom stereocenters. The molecule has 0 radical (unpaired) electrons. The van der Waals surface area contributed by atoms with E-state index < -0.39 is 22.0 Å². The Bertz CT molecular complexity index is 656. The topological polar surface area (TPSA) is 110 Å². The van der Waals surface area contributed by atoms with Gasteiger partial charge < -0.3 is 14.6 Å². The third kappa shape index (κ3) is 4.92. The lowest BCUT2D eigenvalue weighted by Gasteiger charge is -2.13. The van der Waals surface area contributed by atoms with E-state index in [-0.39, 0.29) is 22.6 Å². The molecule has 1 aromatic carbocycles. The van der Waals surface area contributed by atoms with Crippen LogP contribution >= 0.6 is 11.8 Å². The van der Waals surface area contributed by atoms with Crippen molar-refractivity contribution < 1.29 is 27.3 Å². The molecular weight excluding hydrogens is 330 g/mol. The monoisotopic (exact) mass is 347 g/mol. The SMILES string of the molecule is CCS(=O)(=O)Oc1cccc(C(=O)O)c1C(=O)NCCSC. The maximum absolute atomic E-state index is 12.2. The Labute approximate surface area is 133 Å². The number of amides is 1. The smallest absolute Gasteiger partial charge is 0.336 e. The van der Waals surface area contributed by atoms with Crippen molar-refractivity contribution in [2.45, 2.75) is 6.92 Å². The van der Waals surface area contributed by atoms with E-state index in [0.29, 0.717) is 12.3 Å². The van der Waals surface area contributed by atoms with Crippen LogP contribution in [0.15, 0.2) is 18.2 Å². The Morgan fingerprint density at radius 3 is 2.59 bits per heavy atom. The quantitative estimate of drug-likeness (QED) is 0.537. The van der Waals surface area contributed by atoms with Gasteiger partial charge in [-0.1, -0.05) is 6.07 Å². The molecule has 22 heavy (non-hydrogen) atoms. The average molecular weight is 347 g/mol. The van der Waals surface area contributed by atoms with Crippen molar-refractivity contribution in [3.63, 3.8) is 0 Å². The second-order valence-corrected chi connectivity index (χ2v) is 7.01. The van der Waals surface area contributed by atoms with Crippen LogP contribution in [0.1, 0.15) is 27.6 Å². The normalized spacial score (nSPS) is 11.0. The predicted octanol–water partition coefficient (Wildman–Crippen LogP) is 1.21. The highest BCUT2D eigenvalue weighted by molar-refractivity contribution is 7.98. The van der Waals surface area contributed by atoms with Crippen LogP contribution in [0, 0.1) is 0 Å². The summed E-state index contributed by atoms with van der Waals surface area (Å²) in [6.45, 7) is 1.71. The summed E-state index contributed by atoms with van der Waals surface area (Å²) in [7, 11) is -3.87. The minimum absolute atomic E-state index is 0.289. The second-order valence-electron chi connectivity index (χ2n) is 4.16. The van der Waals surface area contributed by atoms with Gasteiger partial charge in [-0.3, -0.25) is 4.79 Å². The Morgan fingerprint density at radius 1 is 1.36 bits per heavy atom. The van der Waals surface area contributed by atoms with Crippen molar-refractivity contribution in [1.29, 1.82) is 0 Å². The predicted molar refractivity (Wildman–Crippen MR) is 84.2 cm³/mol. The van der Waals surface area contributed by atoms with E-state index in [1.54, 1.807) is 0 Å². The molecule has 0 atom stereocenters. The number of carbonyl (C=O) groups excluding carboxylic acids is 1. The number of carboxylic acid groups (broad SMARTS) is 1. The zero-order chi connectivity index (χ0) is 16.8. The molecule has 0 spiro atoms. The number of carboxylic acids is 1. The highest BCUT2D eigenvalue weighted by Gasteiger charge is 2.24. The summed E-state index contributed by atoms with van der Waals surface area (Å²) in [6, 6.07) is 3.79. The van der Waals surface area contributed by atoms with Crippen molar-refractivity contribution in [2.24, 2.45) is 0 Å². The second kappa shape index (κ2) is 8.04. The van der Waals surface area contributed by atoms with Crippen LogP contribution in [0.5, 0.6) is 5.75 Å². The van der Waals surface area contributed by atoms with E-state index in [9.17, 15) is 23.1 Å². The van der Waals surface area contributed by atoms with Gasteiger partial charge in [0.1, 0.15) is 0 Å². The molecule has 0 aromatic heterocycles. The summed E-state index contributed by atoms with van der Waals surface area (Å²) < 4.78 is 28.0. The van der Waals surface area contributed by atoms with Gasteiger partial charge in [-0.2, -0.15) is 20.2 Å². The highest BCUT2D eigenvalue weighted by atomic mass is 32.2. The van der Waals surface area contributed by atoms with Gasteiger partial charge in [0, 0.05) is 12.3 Å². The molecule has 0 saturated carbocycles. The number of thioether (sulfide) groups is 1. The third-order valence-corrected chi connectivity index (χ3v) is 4.40. The molecule has 0 bridgehead atoms. The molecule has 2 N–H and O–H groups in total. The molecule has 9 heteroatoms. The Balaban J connectivity index is 3.24. The first-order valence-electron chi connectivity index (χ1n) is 6.38. The first kappa shape index (κ1) is 18.3. The fourth-order valence-corrected chi connectivity index (χ4v) is 2.40. The fourth-order valence-electron chi connectivity index (χ4n) is 1.56. The van der Waals surface area contributed by atoms with E-state index in [2.05, 4.69) is 5.32 Å². The summed E-state index contributed by atoms with van der Waals surface area (Å²) in [4.78, 5) is 23.4. The molecule has 0 aliphatic carbocycles. The first-order valence-corrected chi connectivity index (χ1v) is 9.35. The lowest BCUT2D eigenvalue weighted by Crippen LogP contribution is -2.28. The lowest BCUT2D eigenvalue weighted by molar-refractivity contribution is 0.0690. The number of aromatic carboxylic acids is 1. The number of nitrogens with one attached hydrogen (secondary N) is 1. The maximum atomic E-state index is 12.2. The van der Waals surface area contributed by atoms with E-state index in [1.165, 1.54) is 36.9 Å². The van der Waals surface area contributed by atoms with Crippen LogP contribution in [0.25, 0.3) is 0 Å². The zero-order valence-corrected chi connectivity index (χ0v) is 13.8. The largest absolute Gasteiger partial charge is 0.478 e. The third-order valence-electron chi connectivity index (χ3n) is 2.65. The van der Waals surface area contributed by atoms with Gasteiger partial charge in [0.15, 0.2) is 5.75 Å². The minimum Gasteiger partial charge on any atom is -0.478 e. The van der Waals surface area contributed by atoms with Crippen molar-refractivity contribution in [1.82, 2.24) is 5.32 Å². The number of benzene rings is 1. The molecular formula is C13H17NO6S2. The summed E-state index contributed by atoms with van der Waals surface area (Å²) in [5, 5.41) is 11.7. The van der Waals surface area contributed by atoms with E-state index in [1.807, 2.05) is 6.26 Å². The van der Waals surface area contributed by atoms with Crippen LogP contribution in [0.4, 0.5) is 0 Å².